The Labute approximate surface area is 246 Å². The van der Waals surface area contributed by atoms with Gasteiger partial charge in [0, 0.05) is 34.8 Å². The van der Waals surface area contributed by atoms with E-state index in [1.807, 2.05) is 0 Å². The molecule has 0 unspecified atom stereocenters. The van der Waals surface area contributed by atoms with Crippen LogP contribution < -0.4 is 16.6 Å². The first kappa shape index (κ1) is 31.3. The van der Waals surface area contributed by atoms with Crippen LogP contribution in [-0.2, 0) is 22.6 Å². The van der Waals surface area contributed by atoms with Crippen LogP contribution in [0.3, 0.4) is 0 Å². The van der Waals surface area contributed by atoms with Crippen LogP contribution in [0.15, 0.2) is 66.1 Å². The van der Waals surface area contributed by atoms with E-state index in [0.29, 0.717) is 6.20 Å². The summed E-state index contributed by atoms with van der Waals surface area (Å²) in [6.45, 7) is -0.932. The van der Waals surface area contributed by atoms with Gasteiger partial charge in [-0.15, -0.1) is 0 Å². The molecule has 0 fully saturated rings. The number of anilines is 1. The third kappa shape index (κ3) is 6.08. The minimum absolute atomic E-state index is 0.0377. The summed E-state index contributed by atoms with van der Waals surface area (Å²) in [5, 5.41) is 10.7. The zero-order valence-corrected chi connectivity index (χ0v) is 23.6. The van der Waals surface area contributed by atoms with Crippen LogP contribution in [0, 0.1) is 11.6 Å². The minimum atomic E-state index is -4.85. The number of aliphatic hydroxyl groups excluding tert-OH is 1. The molecule has 0 spiro atoms. The molecule has 0 aliphatic rings. The highest BCUT2D eigenvalue weighted by Gasteiger charge is 2.34. The standard InChI is InChI=1S/C26H20Cl2F5N5O3S/c1-42(40,41)23-7-14(4-19(29)17(23)11-39)13-5-20(30)25(37-10-24(36-12-37)26(31,32)33)21(6-13)38(35)22(9-34)16-3-2-15(27)8-18(16)28/h2-10,12,39H,11,34-35H2,1H3/b22-9-. The molecule has 16 heteroatoms. The maximum absolute atomic E-state index is 15.9. The molecule has 0 bridgehead atoms. The van der Waals surface area contributed by atoms with E-state index in [4.69, 9.17) is 34.8 Å². The lowest BCUT2D eigenvalue weighted by molar-refractivity contribution is -0.140. The quantitative estimate of drug-likeness (QED) is 0.134. The molecule has 0 saturated carbocycles. The predicted molar refractivity (Wildman–Crippen MR) is 148 cm³/mol. The zero-order valence-electron chi connectivity index (χ0n) is 21.3. The molecule has 3 aromatic carbocycles. The van der Waals surface area contributed by atoms with E-state index in [9.17, 15) is 31.1 Å². The number of halogens is 7. The van der Waals surface area contributed by atoms with Crippen LogP contribution in [0.2, 0.25) is 10.0 Å². The number of nitrogens with zero attached hydrogens (tertiary/aromatic N) is 3. The van der Waals surface area contributed by atoms with E-state index in [1.54, 1.807) is 0 Å². The first-order valence-electron chi connectivity index (χ1n) is 11.6. The highest BCUT2D eigenvalue weighted by Crippen LogP contribution is 2.39. The van der Waals surface area contributed by atoms with Crippen molar-refractivity contribution in [3.05, 3.63) is 99.7 Å². The molecule has 42 heavy (non-hydrogen) atoms. The van der Waals surface area contributed by atoms with Crippen molar-refractivity contribution in [2.75, 3.05) is 11.3 Å². The summed E-state index contributed by atoms with van der Waals surface area (Å²) in [6.07, 6.45) is -1.79. The lowest BCUT2D eigenvalue weighted by Gasteiger charge is -2.26. The second kappa shape index (κ2) is 11.5. The summed E-state index contributed by atoms with van der Waals surface area (Å²) < 4.78 is 96.1. The third-order valence-corrected chi connectivity index (χ3v) is 7.82. The van der Waals surface area contributed by atoms with Gasteiger partial charge in [0.1, 0.15) is 23.6 Å². The van der Waals surface area contributed by atoms with Crippen LogP contribution in [0.1, 0.15) is 16.8 Å². The molecule has 1 heterocycles. The number of benzene rings is 3. The van der Waals surface area contributed by atoms with Gasteiger partial charge >= 0.3 is 6.18 Å². The zero-order chi connectivity index (χ0) is 31.1. The highest BCUT2D eigenvalue weighted by atomic mass is 35.5. The average Bonchev–Trinajstić information content (AvgIpc) is 3.39. The Morgan fingerprint density at radius 2 is 1.74 bits per heavy atom. The monoisotopic (exact) mass is 647 g/mol. The van der Waals surface area contributed by atoms with E-state index in [1.165, 1.54) is 24.3 Å². The topological polar surface area (TPSA) is 127 Å². The number of hydrazine groups is 1. The van der Waals surface area contributed by atoms with Crippen molar-refractivity contribution in [3.63, 3.8) is 0 Å². The molecule has 1 aromatic heterocycles. The Hall–Kier alpha value is -3.69. The summed E-state index contributed by atoms with van der Waals surface area (Å²) in [4.78, 5) is 2.75. The summed E-state index contributed by atoms with van der Waals surface area (Å²) in [5.74, 6) is 4.14. The Balaban J connectivity index is 2.01. The van der Waals surface area contributed by atoms with Crippen molar-refractivity contribution in [2.24, 2.45) is 11.6 Å². The molecule has 0 radical (unpaired) electrons. The van der Waals surface area contributed by atoms with Gasteiger partial charge in [0.2, 0.25) is 0 Å². The van der Waals surface area contributed by atoms with Gasteiger partial charge in [0.25, 0.3) is 0 Å². The van der Waals surface area contributed by atoms with Crippen molar-refractivity contribution in [2.45, 2.75) is 17.7 Å². The molecule has 0 aliphatic carbocycles. The second-order valence-corrected chi connectivity index (χ2v) is 11.7. The fourth-order valence-electron chi connectivity index (χ4n) is 4.17. The van der Waals surface area contributed by atoms with E-state index < -0.39 is 56.1 Å². The maximum Gasteiger partial charge on any atom is 0.434 e. The second-order valence-electron chi connectivity index (χ2n) is 8.90. The van der Waals surface area contributed by atoms with Crippen molar-refractivity contribution >= 4 is 44.4 Å². The fourth-order valence-corrected chi connectivity index (χ4v) is 5.63. The number of sulfone groups is 1. The fraction of sp³-hybridized carbons (Fsp3) is 0.115. The summed E-state index contributed by atoms with van der Waals surface area (Å²) in [6, 6.07) is 8.20. The molecule has 4 rings (SSSR count). The van der Waals surface area contributed by atoms with Gasteiger partial charge in [0.05, 0.1) is 27.9 Å². The number of rotatable bonds is 7. The molecular weight excluding hydrogens is 628 g/mol. The van der Waals surface area contributed by atoms with Gasteiger partial charge in [0.15, 0.2) is 15.5 Å². The molecular formula is C26H20Cl2F5N5O3S. The lowest BCUT2D eigenvalue weighted by atomic mass is 10.0. The van der Waals surface area contributed by atoms with Gasteiger partial charge in [-0.05, 0) is 53.6 Å². The average molecular weight is 648 g/mol. The molecule has 0 saturated heterocycles. The molecule has 8 nitrogen and oxygen atoms in total. The molecule has 4 aromatic rings. The van der Waals surface area contributed by atoms with Crippen LogP contribution in [-0.4, -0.2) is 29.3 Å². The van der Waals surface area contributed by atoms with Gasteiger partial charge in [-0.25, -0.2) is 28.0 Å². The van der Waals surface area contributed by atoms with Gasteiger partial charge in [-0.1, -0.05) is 23.2 Å². The lowest BCUT2D eigenvalue weighted by Crippen LogP contribution is -2.31. The van der Waals surface area contributed by atoms with Crippen LogP contribution in [0.4, 0.5) is 27.6 Å². The Kier molecular flexibility index (Phi) is 8.58. The van der Waals surface area contributed by atoms with E-state index >= 15 is 4.39 Å². The van der Waals surface area contributed by atoms with Crippen molar-refractivity contribution < 1.29 is 35.5 Å². The normalized spacial score (nSPS) is 12.6. The molecule has 0 aliphatic heterocycles. The van der Waals surface area contributed by atoms with Crippen LogP contribution >= 0.6 is 23.2 Å². The largest absolute Gasteiger partial charge is 0.434 e. The van der Waals surface area contributed by atoms with E-state index in [-0.39, 0.29) is 38.1 Å². The van der Waals surface area contributed by atoms with Crippen LogP contribution in [0.25, 0.3) is 22.5 Å². The van der Waals surface area contributed by atoms with E-state index in [0.717, 1.165) is 46.6 Å². The van der Waals surface area contributed by atoms with Crippen LogP contribution in [0.5, 0.6) is 0 Å². The van der Waals surface area contributed by atoms with Crippen molar-refractivity contribution in [1.82, 2.24) is 9.55 Å². The summed E-state index contributed by atoms with van der Waals surface area (Å²) in [7, 11) is -4.06. The van der Waals surface area contributed by atoms with Gasteiger partial charge < -0.3 is 15.4 Å². The molecule has 0 atom stereocenters. The minimum Gasteiger partial charge on any atom is -0.403 e. The predicted octanol–water partition coefficient (Wildman–Crippen LogP) is 5.68. The first-order chi connectivity index (χ1) is 19.6. The third-order valence-electron chi connectivity index (χ3n) is 6.10. The number of hydrogen-bond acceptors (Lipinski definition) is 7. The highest BCUT2D eigenvalue weighted by molar-refractivity contribution is 7.90. The number of aromatic nitrogens is 2. The number of nitrogens with two attached hydrogens (primary N) is 2. The summed E-state index contributed by atoms with van der Waals surface area (Å²) in [5.41, 5.74) is 3.11. The number of aliphatic hydroxyl groups is 1. The Morgan fingerprint density at radius 3 is 2.29 bits per heavy atom. The van der Waals surface area contributed by atoms with Gasteiger partial charge in [-0.3, -0.25) is 5.01 Å². The first-order valence-corrected chi connectivity index (χ1v) is 14.2. The molecule has 5 N–H and O–H groups in total. The number of imidazole rings is 1. The smallest absolute Gasteiger partial charge is 0.403 e. The van der Waals surface area contributed by atoms with E-state index in [2.05, 4.69) is 4.98 Å². The van der Waals surface area contributed by atoms with Gasteiger partial charge in [-0.2, -0.15) is 13.2 Å². The van der Waals surface area contributed by atoms with Crippen molar-refractivity contribution in [1.29, 1.82) is 0 Å². The maximum atomic E-state index is 15.9. The SMILES string of the molecule is CS(=O)(=O)c1cc(-c2cc(F)c(-n3cnc(C(F)(F)F)c3)c(N(N)/C(=C\N)c3ccc(Cl)cc3Cl)c2)cc(F)c1CO. The molecule has 0 amide bonds. The van der Waals surface area contributed by atoms with Crippen molar-refractivity contribution in [3.8, 4) is 16.8 Å². The Bertz CT molecular complexity index is 1830. The molecule has 222 valence electrons. The number of hydrogen-bond donors (Lipinski definition) is 3. The Morgan fingerprint density at radius 1 is 1.10 bits per heavy atom. The summed E-state index contributed by atoms with van der Waals surface area (Å²) >= 11 is 12.3. The number of alkyl halides is 3.